The third-order valence-corrected chi connectivity index (χ3v) is 4.34. The first-order valence-corrected chi connectivity index (χ1v) is 8.01. The first-order valence-electron chi connectivity index (χ1n) is 7.13. The normalized spacial score (nSPS) is 14.2. The number of aromatic nitrogens is 1. The van der Waals surface area contributed by atoms with Gasteiger partial charge in [-0.1, -0.05) is 13.8 Å². The van der Waals surface area contributed by atoms with Gasteiger partial charge in [0.15, 0.2) is 5.54 Å². The van der Waals surface area contributed by atoms with Crippen molar-refractivity contribution in [1.82, 2.24) is 15.2 Å². The van der Waals surface area contributed by atoms with Crippen molar-refractivity contribution in [2.45, 2.75) is 33.2 Å². The van der Waals surface area contributed by atoms with Crippen LogP contribution in [0.5, 0.6) is 0 Å². The van der Waals surface area contributed by atoms with Gasteiger partial charge in [0.25, 0.3) is 0 Å². The van der Waals surface area contributed by atoms with E-state index >= 15 is 0 Å². The monoisotopic (exact) mass is 299 g/mol. The molecule has 0 aliphatic carbocycles. The van der Waals surface area contributed by atoms with E-state index in [0.29, 0.717) is 6.61 Å². The third kappa shape index (κ3) is 4.26. The molecule has 0 radical (unpaired) electrons. The van der Waals surface area contributed by atoms with Crippen LogP contribution in [-0.2, 0) is 15.1 Å². The molecule has 1 aromatic heterocycles. The molecule has 0 aliphatic rings. The fourth-order valence-corrected chi connectivity index (χ4v) is 2.75. The minimum Gasteiger partial charge on any atom is -0.464 e. The highest BCUT2D eigenvalue weighted by molar-refractivity contribution is 7.09. The number of hydrogen-bond acceptors (Lipinski definition) is 6. The summed E-state index contributed by atoms with van der Waals surface area (Å²) in [6.07, 6.45) is 1.71. The fraction of sp³-hybridized carbons (Fsp3) is 0.714. The smallest absolute Gasteiger partial charge is 0.333 e. The average Bonchev–Trinajstić information content (AvgIpc) is 2.98. The molecule has 1 unspecified atom stereocenters. The average molecular weight is 299 g/mol. The van der Waals surface area contributed by atoms with Crippen molar-refractivity contribution in [3.8, 4) is 0 Å². The van der Waals surface area contributed by atoms with E-state index in [-0.39, 0.29) is 5.97 Å². The molecule has 0 amide bonds. The fourth-order valence-electron chi connectivity index (χ4n) is 1.98. The van der Waals surface area contributed by atoms with Gasteiger partial charge in [-0.2, -0.15) is 0 Å². The van der Waals surface area contributed by atoms with Gasteiger partial charge < -0.3 is 9.64 Å². The highest BCUT2D eigenvalue weighted by Gasteiger charge is 2.38. The van der Waals surface area contributed by atoms with Gasteiger partial charge in [-0.3, -0.25) is 5.32 Å². The van der Waals surface area contributed by atoms with Crippen molar-refractivity contribution in [3.05, 3.63) is 16.6 Å². The second-order valence-corrected chi connectivity index (χ2v) is 5.53. The number of thiazole rings is 1. The van der Waals surface area contributed by atoms with Gasteiger partial charge in [-0.25, -0.2) is 9.78 Å². The molecule has 1 rings (SSSR count). The molecule has 0 aromatic carbocycles. The van der Waals surface area contributed by atoms with Crippen LogP contribution in [-0.4, -0.2) is 48.6 Å². The Labute approximate surface area is 125 Å². The lowest BCUT2D eigenvalue weighted by molar-refractivity contribution is -0.151. The predicted octanol–water partition coefficient (Wildman–Crippen LogP) is 1.85. The van der Waals surface area contributed by atoms with E-state index in [0.717, 1.165) is 31.2 Å². The lowest BCUT2D eigenvalue weighted by atomic mass is 10.0. The van der Waals surface area contributed by atoms with Gasteiger partial charge in [-0.15, -0.1) is 11.3 Å². The molecule has 0 bridgehead atoms. The van der Waals surface area contributed by atoms with Crippen LogP contribution >= 0.6 is 11.3 Å². The molecular formula is C14H25N3O2S. The number of nitrogens with zero attached hydrogens (tertiary/aromatic N) is 2. The Kier molecular flexibility index (Phi) is 7.12. The number of carbonyl (C=O) groups excluding carboxylic acids is 1. The van der Waals surface area contributed by atoms with E-state index < -0.39 is 5.54 Å². The molecule has 1 heterocycles. The summed E-state index contributed by atoms with van der Waals surface area (Å²) in [5.74, 6) is -0.269. The summed E-state index contributed by atoms with van der Waals surface area (Å²) in [6.45, 7) is 11.9. The molecule has 1 atom stereocenters. The van der Waals surface area contributed by atoms with Crippen LogP contribution in [0.3, 0.4) is 0 Å². The molecule has 0 saturated heterocycles. The molecule has 6 heteroatoms. The maximum atomic E-state index is 12.2. The number of ether oxygens (including phenoxy) is 1. The molecule has 0 fully saturated rings. The zero-order chi connectivity index (χ0) is 15.0. The molecule has 1 N–H and O–H groups in total. The lowest BCUT2D eigenvalue weighted by Crippen LogP contribution is -2.50. The third-order valence-electron chi connectivity index (χ3n) is 3.34. The van der Waals surface area contributed by atoms with E-state index in [4.69, 9.17) is 4.74 Å². The summed E-state index contributed by atoms with van der Waals surface area (Å²) in [5.41, 5.74) is -0.864. The van der Waals surface area contributed by atoms with Crippen LogP contribution in [0.4, 0.5) is 0 Å². The van der Waals surface area contributed by atoms with E-state index in [1.54, 1.807) is 6.20 Å². The minimum absolute atomic E-state index is 0.269. The molecule has 20 heavy (non-hydrogen) atoms. The standard InChI is InChI=1S/C14H25N3O2S/c1-5-17(6-2)10-8-16-14(4,13(18)19-7-3)12-15-9-11-20-12/h9,11,16H,5-8,10H2,1-4H3. The molecule has 114 valence electrons. The molecular weight excluding hydrogens is 274 g/mol. The second-order valence-electron chi connectivity index (χ2n) is 4.64. The molecule has 1 aromatic rings. The van der Waals surface area contributed by atoms with Crippen LogP contribution in [0, 0.1) is 0 Å². The summed E-state index contributed by atoms with van der Waals surface area (Å²) in [7, 11) is 0. The number of nitrogens with one attached hydrogen (secondary N) is 1. The number of hydrogen-bond donors (Lipinski definition) is 1. The van der Waals surface area contributed by atoms with E-state index in [9.17, 15) is 4.79 Å². The molecule has 0 saturated carbocycles. The van der Waals surface area contributed by atoms with Crippen LogP contribution in [0.1, 0.15) is 32.7 Å². The zero-order valence-electron chi connectivity index (χ0n) is 12.8. The molecule has 0 spiro atoms. The van der Waals surface area contributed by atoms with Crippen molar-refractivity contribution in [3.63, 3.8) is 0 Å². The minimum atomic E-state index is -0.864. The highest BCUT2D eigenvalue weighted by atomic mass is 32.1. The summed E-state index contributed by atoms with van der Waals surface area (Å²) in [6, 6.07) is 0. The Morgan fingerprint density at radius 3 is 2.65 bits per heavy atom. The summed E-state index contributed by atoms with van der Waals surface area (Å²) >= 11 is 1.47. The Morgan fingerprint density at radius 2 is 2.15 bits per heavy atom. The van der Waals surface area contributed by atoms with Gasteiger partial charge in [0.05, 0.1) is 6.61 Å². The van der Waals surface area contributed by atoms with Crippen molar-refractivity contribution in [2.24, 2.45) is 0 Å². The van der Waals surface area contributed by atoms with Gasteiger partial charge in [0.2, 0.25) is 0 Å². The van der Waals surface area contributed by atoms with Crippen LogP contribution in [0.25, 0.3) is 0 Å². The quantitative estimate of drug-likeness (QED) is 0.705. The summed E-state index contributed by atoms with van der Waals surface area (Å²) in [5, 5.41) is 5.93. The SMILES string of the molecule is CCOC(=O)C(C)(NCCN(CC)CC)c1nccs1. The van der Waals surface area contributed by atoms with Crippen molar-refractivity contribution in [2.75, 3.05) is 32.8 Å². The van der Waals surface area contributed by atoms with E-state index in [1.165, 1.54) is 11.3 Å². The predicted molar refractivity (Wildman–Crippen MR) is 81.9 cm³/mol. The maximum absolute atomic E-state index is 12.2. The van der Waals surface area contributed by atoms with Crippen molar-refractivity contribution < 1.29 is 9.53 Å². The first-order chi connectivity index (χ1) is 9.58. The Balaban J connectivity index is 2.72. The molecule has 5 nitrogen and oxygen atoms in total. The Bertz CT molecular complexity index is 393. The van der Waals surface area contributed by atoms with Gasteiger partial charge in [0.1, 0.15) is 5.01 Å². The zero-order valence-corrected chi connectivity index (χ0v) is 13.6. The number of rotatable bonds is 9. The highest BCUT2D eigenvalue weighted by Crippen LogP contribution is 2.24. The number of esters is 1. The summed E-state index contributed by atoms with van der Waals surface area (Å²) < 4.78 is 5.19. The van der Waals surface area contributed by atoms with Gasteiger partial charge in [0, 0.05) is 24.7 Å². The van der Waals surface area contributed by atoms with Crippen molar-refractivity contribution >= 4 is 17.3 Å². The maximum Gasteiger partial charge on any atom is 0.333 e. The lowest BCUT2D eigenvalue weighted by Gasteiger charge is -2.28. The Hall–Kier alpha value is -0.980. The van der Waals surface area contributed by atoms with Gasteiger partial charge >= 0.3 is 5.97 Å². The summed E-state index contributed by atoms with van der Waals surface area (Å²) in [4.78, 5) is 18.8. The van der Waals surface area contributed by atoms with Crippen LogP contribution in [0.15, 0.2) is 11.6 Å². The van der Waals surface area contributed by atoms with Crippen molar-refractivity contribution in [1.29, 1.82) is 0 Å². The van der Waals surface area contributed by atoms with E-state index in [2.05, 4.69) is 29.0 Å². The number of likely N-dealkylation sites (N-methyl/N-ethyl adjacent to an activating group) is 1. The largest absolute Gasteiger partial charge is 0.464 e. The van der Waals surface area contributed by atoms with E-state index in [1.807, 2.05) is 19.2 Å². The topological polar surface area (TPSA) is 54.5 Å². The Morgan fingerprint density at radius 1 is 1.45 bits per heavy atom. The van der Waals surface area contributed by atoms with Crippen LogP contribution in [0.2, 0.25) is 0 Å². The van der Waals surface area contributed by atoms with Gasteiger partial charge in [-0.05, 0) is 26.9 Å². The molecule has 0 aliphatic heterocycles. The number of carbonyl (C=O) groups is 1. The first kappa shape index (κ1) is 17.1. The van der Waals surface area contributed by atoms with Crippen LogP contribution < -0.4 is 5.32 Å². The second kappa shape index (κ2) is 8.34.